The minimum absolute atomic E-state index is 0.341. The first-order valence-corrected chi connectivity index (χ1v) is 12.7. The van der Waals surface area contributed by atoms with Gasteiger partial charge in [-0.1, -0.05) is 121 Å². The molecule has 206 valence electrons. The van der Waals surface area contributed by atoms with Gasteiger partial charge in [-0.25, -0.2) is 0 Å². The number of hydrogen-bond donors (Lipinski definition) is 0. The van der Waals surface area contributed by atoms with E-state index in [-0.39, 0.29) is 26.2 Å². The van der Waals surface area contributed by atoms with E-state index in [1.165, 1.54) is 0 Å². The second-order valence-electron chi connectivity index (χ2n) is 9.41. The molecule has 0 radical (unpaired) electrons. The smallest absolute Gasteiger partial charge is 0.329 e. The van der Waals surface area contributed by atoms with Crippen LogP contribution in [-0.2, 0) is 35.8 Å². The maximum Gasteiger partial charge on any atom is 0.395 e. The van der Waals surface area contributed by atoms with E-state index in [0.717, 1.165) is 0 Å². The zero-order chi connectivity index (χ0) is 28.6. The van der Waals surface area contributed by atoms with Crippen molar-refractivity contribution in [1.82, 2.24) is 9.80 Å². The Labute approximate surface area is 230 Å². The number of benzene rings is 4. The molecule has 0 bridgehead atoms. The van der Waals surface area contributed by atoms with Crippen LogP contribution >= 0.6 is 0 Å². The SMILES string of the molecule is O=C(N(Cc1ccccc1)Cc1ccccc1)C(F)(F)C(F)(F)C(=O)N(Cc1ccccc1)Cc1ccccc1. The number of nitrogens with zero attached hydrogens (tertiary/aromatic N) is 2. The number of hydrogen-bond acceptors (Lipinski definition) is 2. The van der Waals surface area contributed by atoms with Crippen LogP contribution in [0.15, 0.2) is 121 Å². The van der Waals surface area contributed by atoms with E-state index >= 15 is 17.6 Å². The molecule has 4 nitrogen and oxygen atoms in total. The van der Waals surface area contributed by atoms with E-state index in [4.69, 9.17) is 0 Å². The van der Waals surface area contributed by atoms with E-state index in [2.05, 4.69) is 0 Å². The lowest BCUT2D eigenvalue weighted by molar-refractivity contribution is -0.224. The van der Waals surface area contributed by atoms with Crippen molar-refractivity contribution >= 4 is 11.8 Å². The summed E-state index contributed by atoms with van der Waals surface area (Å²) in [6.45, 7) is -1.36. The number of alkyl halides is 4. The summed E-state index contributed by atoms with van der Waals surface area (Å²) >= 11 is 0. The Morgan fingerprint density at radius 3 is 0.825 bits per heavy atom. The molecule has 0 aromatic heterocycles. The van der Waals surface area contributed by atoms with E-state index in [1.54, 1.807) is 121 Å². The number of rotatable bonds is 11. The zero-order valence-corrected chi connectivity index (χ0v) is 21.6. The summed E-state index contributed by atoms with van der Waals surface area (Å²) in [6, 6.07) is 32.9. The second kappa shape index (κ2) is 12.6. The Balaban J connectivity index is 1.64. The van der Waals surface area contributed by atoms with Gasteiger partial charge < -0.3 is 9.80 Å². The Morgan fingerprint density at radius 2 is 0.625 bits per heavy atom. The molecule has 0 spiro atoms. The first-order chi connectivity index (χ1) is 19.2. The summed E-state index contributed by atoms with van der Waals surface area (Å²) in [7, 11) is 0. The lowest BCUT2D eigenvalue weighted by Crippen LogP contribution is -2.60. The summed E-state index contributed by atoms with van der Waals surface area (Å²) in [5.74, 6) is -14.9. The number of halogens is 4. The van der Waals surface area contributed by atoms with Gasteiger partial charge in [-0.05, 0) is 22.3 Å². The van der Waals surface area contributed by atoms with Crippen LogP contribution in [0, 0.1) is 0 Å². The minimum atomic E-state index is -5.31. The molecule has 0 fully saturated rings. The van der Waals surface area contributed by atoms with Crippen molar-refractivity contribution in [2.45, 2.75) is 38.0 Å². The Bertz CT molecular complexity index is 1190. The quantitative estimate of drug-likeness (QED) is 0.195. The molecule has 4 rings (SSSR count). The van der Waals surface area contributed by atoms with Crippen molar-refractivity contribution < 1.29 is 27.2 Å². The van der Waals surface area contributed by atoms with Gasteiger partial charge >= 0.3 is 23.7 Å². The molecule has 0 N–H and O–H groups in total. The Kier molecular flexibility index (Phi) is 8.99. The van der Waals surface area contributed by atoms with Crippen LogP contribution in [0.1, 0.15) is 22.3 Å². The normalized spacial score (nSPS) is 11.6. The maximum absolute atomic E-state index is 15.6. The number of carbonyl (C=O) groups is 2. The van der Waals surface area contributed by atoms with Crippen LogP contribution in [-0.4, -0.2) is 33.5 Å². The summed E-state index contributed by atoms with van der Waals surface area (Å²) in [6.07, 6.45) is 0. The number of amides is 2. The molecule has 2 amide bonds. The molecule has 0 aliphatic carbocycles. The highest BCUT2D eigenvalue weighted by atomic mass is 19.3. The van der Waals surface area contributed by atoms with Crippen molar-refractivity contribution in [2.24, 2.45) is 0 Å². The summed E-state index contributed by atoms with van der Waals surface area (Å²) in [5, 5.41) is 0. The molecule has 0 saturated carbocycles. The average molecular weight is 549 g/mol. The number of carbonyl (C=O) groups excluding carboxylic acids is 2. The molecule has 0 heterocycles. The minimum Gasteiger partial charge on any atom is -0.329 e. The highest BCUT2D eigenvalue weighted by molar-refractivity contribution is 5.95. The third-order valence-corrected chi connectivity index (χ3v) is 6.37. The summed E-state index contributed by atoms with van der Waals surface area (Å²) < 4.78 is 62.2. The Hall–Kier alpha value is -4.46. The monoisotopic (exact) mass is 548 g/mol. The van der Waals surface area contributed by atoms with Crippen LogP contribution in [0.2, 0.25) is 0 Å². The van der Waals surface area contributed by atoms with Crippen LogP contribution in [0.3, 0.4) is 0 Å². The van der Waals surface area contributed by atoms with Crippen molar-refractivity contribution in [2.75, 3.05) is 0 Å². The van der Waals surface area contributed by atoms with Gasteiger partial charge in [0, 0.05) is 26.2 Å². The molecule has 4 aromatic carbocycles. The summed E-state index contributed by atoms with van der Waals surface area (Å²) in [5.41, 5.74) is 1.91. The topological polar surface area (TPSA) is 40.6 Å². The van der Waals surface area contributed by atoms with E-state index < -0.39 is 23.7 Å². The van der Waals surface area contributed by atoms with Crippen molar-refractivity contribution in [3.8, 4) is 0 Å². The third-order valence-electron chi connectivity index (χ3n) is 6.37. The molecule has 0 unspecified atom stereocenters. The van der Waals surface area contributed by atoms with E-state index in [0.29, 0.717) is 32.1 Å². The highest BCUT2D eigenvalue weighted by Crippen LogP contribution is 2.39. The van der Waals surface area contributed by atoms with Crippen LogP contribution in [0.25, 0.3) is 0 Å². The second-order valence-corrected chi connectivity index (χ2v) is 9.41. The zero-order valence-electron chi connectivity index (χ0n) is 21.6. The molecular formula is C32H28F4N2O2. The van der Waals surface area contributed by atoms with Gasteiger partial charge in [0.05, 0.1) is 0 Å². The van der Waals surface area contributed by atoms with Crippen LogP contribution in [0.4, 0.5) is 17.6 Å². The largest absolute Gasteiger partial charge is 0.395 e. The molecule has 40 heavy (non-hydrogen) atoms. The van der Waals surface area contributed by atoms with Crippen molar-refractivity contribution in [1.29, 1.82) is 0 Å². The van der Waals surface area contributed by atoms with Gasteiger partial charge in [-0.2, -0.15) is 17.6 Å². The van der Waals surface area contributed by atoms with Gasteiger partial charge in [0.1, 0.15) is 0 Å². The standard InChI is InChI=1S/C32H28F4N2O2/c33-31(34,29(39)37(21-25-13-5-1-6-14-25)22-26-15-7-2-8-16-26)32(35,36)30(40)38(23-27-17-9-3-10-18-27)24-28-19-11-4-12-20-28/h1-20H,21-24H2. The molecule has 0 saturated heterocycles. The fourth-order valence-electron chi connectivity index (χ4n) is 4.28. The van der Waals surface area contributed by atoms with Crippen LogP contribution in [0.5, 0.6) is 0 Å². The van der Waals surface area contributed by atoms with Crippen LogP contribution < -0.4 is 0 Å². The molecule has 0 atom stereocenters. The predicted octanol–water partition coefficient (Wildman–Crippen LogP) is 6.72. The van der Waals surface area contributed by atoms with Gasteiger partial charge in [0.25, 0.3) is 0 Å². The molecule has 0 aliphatic rings. The molecule has 4 aromatic rings. The Morgan fingerprint density at radius 1 is 0.425 bits per heavy atom. The molecular weight excluding hydrogens is 520 g/mol. The average Bonchev–Trinajstić information content (AvgIpc) is 2.97. The highest BCUT2D eigenvalue weighted by Gasteiger charge is 2.68. The van der Waals surface area contributed by atoms with Gasteiger partial charge in [-0.15, -0.1) is 0 Å². The lowest BCUT2D eigenvalue weighted by atomic mass is 10.1. The third kappa shape index (κ3) is 6.75. The van der Waals surface area contributed by atoms with Crippen molar-refractivity contribution in [3.05, 3.63) is 144 Å². The fraction of sp³-hybridized carbons (Fsp3) is 0.188. The molecule has 8 heteroatoms. The maximum atomic E-state index is 15.6. The first-order valence-electron chi connectivity index (χ1n) is 12.7. The van der Waals surface area contributed by atoms with Gasteiger partial charge in [0.15, 0.2) is 0 Å². The fourth-order valence-corrected chi connectivity index (χ4v) is 4.28. The van der Waals surface area contributed by atoms with E-state index in [9.17, 15) is 9.59 Å². The lowest BCUT2D eigenvalue weighted by Gasteiger charge is -2.34. The van der Waals surface area contributed by atoms with Gasteiger partial charge in [-0.3, -0.25) is 9.59 Å². The molecule has 0 aliphatic heterocycles. The van der Waals surface area contributed by atoms with E-state index in [1.807, 2.05) is 0 Å². The summed E-state index contributed by atoms with van der Waals surface area (Å²) in [4.78, 5) is 27.7. The predicted molar refractivity (Wildman–Crippen MR) is 144 cm³/mol. The first kappa shape index (κ1) is 28.5. The van der Waals surface area contributed by atoms with Gasteiger partial charge in [0.2, 0.25) is 0 Å². The van der Waals surface area contributed by atoms with Crippen molar-refractivity contribution in [3.63, 3.8) is 0 Å².